The van der Waals surface area contributed by atoms with Gasteiger partial charge >= 0.3 is 0 Å². The third-order valence-corrected chi connectivity index (χ3v) is 6.56. The molecule has 0 aliphatic heterocycles. The summed E-state index contributed by atoms with van der Waals surface area (Å²) < 4.78 is 23.1. The molecule has 0 unspecified atom stereocenters. The molecule has 0 aromatic carbocycles. The van der Waals surface area contributed by atoms with Crippen molar-refractivity contribution in [1.29, 1.82) is 0 Å². The number of hydrogen-bond donors (Lipinski definition) is 1. The Balaban J connectivity index is 1.96. The Morgan fingerprint density at radius 1 is 1.10 bits per heavy atom. The molecule has 2 rings (SSSR count). The molecule has 3 nitrogen and oxygen atoms in total. The van der Waals surface area contributed by atoms with E-state index in [1.54, 1.807) is 0 Å². The fraction of sp³-hybridized carbons (Fsp3) is 1.00. The summed E-state index contributed by atoms with van der Waals surface area (Å²) in [7, 11) is -2.85. The summed E-state index contributed by atoms with van der Waals surface area (Å²) in [4.78, 5) is 0. The lowest BCUT2D eigenvalue weighted by Gasteiger charge is -2.44. The van der Waals surface area contributed by atoms with Crippen molar-refractivity contribution in [3.05, 3.63) is 0 Å². The van der Waals surface area contributed by atoms with Crippen LogP contribution in [0.3, 0.4) is 0 Å². The quantitative estimate of drug-likeness (QED) is 0.817. The van der Waals surface area contributed by atoms with Gasteiger partial charge in [0.2, 0.25) is 0 Å². The van der Waals surface area contributed by atoms with Crippen molar-refractivity contribution in [2.24, 2.45) is 16.7 Å². The zero-order valence-corrected chi connectivity index (χ0v) is 15.1. The van der Waals surface area contributed by atoms with Crippen molar-refractivity contribution < 1.29 is 8.42 Å². The predicted molar refractivity (Wildman–Crippen MR) is 89.2 cm³/mol. The van der Waals surface area contributed by atoms with E-state index in [0.717, 1.165) is 18.9 Å². The van der Waals surface area contributed by atoms with Gasteiger partial charge in [0.25, 0.3) is 0 Å². The summed E-state index contributed by atoms with van der Waals surface area (Å²) in [6.07, 6.45) is 9.67. The van der Waals surface area contributed by atoms with Crippen LogP contribution in [0.4, 0.5) is 0 Å². The standard InChI is InChI=1S/C17H33NO2S/c1-16(2,3)14-7-9-17(10-8-14,11-12-21(4,19)20)13-18-15-5-6-15/h14-15,18H,5-13H2,1-4H3. The van der Waals surface area contributed by atoms with E-state index in [2.05, 4.69) is 26.1 Å². The molecule has 0 amide bonds. The van der Waals surface area contributed by atoms with Crippen LogP contribution in [0.5, 0.6) is 0 Å². The Bertz CT molecular complexity index is 438. The van der Waals surface area contributed by atoms with Gasteiger partial charge in [-0.3, -0.25) is 0 Å². The normalized spacial score (nSPS) is 31.3. The molecule has 0 aromatic rings. The van der Waals surface area contributed by atoms with E-state index in [1.807, 2.05) is 0 Å². The van der Waals surface area contributed by atoms with Crippen LogP contribution in [0.15, 0.2) is 0 Å². The maximum absolute atomic E-state index is 11.6. The predicted octanol–water partition coefficient (Wildman–Crippen LogP) is 3.40. The van der Waals surface area contributed by atoms with Crippen LogP contribution < -0.4 is 5.32 Å². The molecule has 2 aliphatic carbocycles. The van der Waals surface area contributed by atoms with E-state index >= 15 is 0 Å². The molecule has 1 N–H and O–H groups in total. The molecular formula is C17H33NO2S. The van der Waals surface area contributed by atoms with Crippen molar-refractivity contribution >= 4 is 9.84 Å². The molecule has 2 aliphatic rings. The molecule has 4 heteroatoms. The van der Waals surface area contributed by atoms with Gasteiger partial charge in [-0.1, -0.05) is 20.8 Å². The minimum Gasteiger partial charge on any atom is -0.313 e. The van der Waals surface area contributed by atoms with Gasteiger partial charge in [0, 0.05) is 18.8 Å². The fourth-order valence-corrected chi connectivity index (χ4v) is 4.47. The average molecular weight is 316 g/mol. The first-order valence-electron chi connectivity index (χ1n) is 8.51. The SMILES string of the molecule is CC(C)(C)C1CCC(CCS(C)(=O)=O)(CNC2CC2)CC1. The largest absolute Gasteiger partial charge is 0.313 e. The zero-order chi connectivity index (χ0) is 15.7. The molecule has 0 atom stereocenters. The summed E-state index contributed by atoms with van der Waals surface area (Å²) in [6, 6.07) is 0.709. The van der Waals surface area contributed by atoms with E-state index in [-0.39, 0.29) is 5.41 Å². The highest BCUT2D eigenvalue weighted by Gasteiger charge is 2.39. The van der Waals surface area contributed by atoms with Gasteiger partial charge in [-0.2, -0.15) is 0 Å². The van der Waals surface area contributed by atoms with Gasteiger partial charge in [0.1, 0.15) is 9.84 Å². The summed E-state index contributed by atoms with van der Waals surface area (Å²) in [5.74, 6) is 1.13. The van der Waals surface area contributed by atoms with E-state index in [0.29, 0.717) is 17.2 Å². The number of hydrogen-bond acceptors (Lipinski definition) is 3. The highest BCUT2D eigenvalue weighted by Crippen LogP contribution is 2.47. The van der Waals surface area contributed by atoms with Gasteiger partial charge in [-0.05, 0) is 61.7 Å². The van der Waals surface area contributed by atoms with Crippen molar-refractivity contribution in [1.82, 2.24) is 5.32 Å². The second-order valence-corrected chi connectivity index (χ2v) is 10.9. The molecular weight excluding hydrogens is 282 g/mol. The molecule has 0 heterocycles. The highest BCUT2D eigenvalue weighted by atomic mass is 32.2. The summed E-state index contributed by atoms with van der Waals surface area (Å²) in [6.45, 7) is 8.03. The Morgan fingerprint density at radius 2 is 1.67 bits per heavy atom. The van der Waals surface area contributed by atoms with Crippen LogP contribution in [-0.4, -0.2) is 33.0 Å². The molecule has 0 radical (unpaired) electrons. The van der Waals surface area contributed by atoms with Gasteiger partial charge in [-0.25, -0.2) is 8.42 Å². The minimum atomic E-state index is -2.85. The maximum Gasteiger partial charge on any atom is 0.147 e. The Morgan fingerprint density at radius 3 is 2.10 bits per heavy atom. The van der Waals surface area contributed by atoms with Gasteiger partial charge in [0.05, 0.1) is 5.75 Å². The van der Waals surface area contributed by atoms with Crippen LogP contribution in [-0.2, 0) is 9.84 Å². The van der Waals surface area contributed by atoms with Crippen molar-refractivity contribution in [2.75, 3.05) is 18.6 Å². The fourth-order valence-electron chi connectivity index (χ4n) is 3.66. The Kier molecular flexibility index (Phi) is 5.09. The zero-order valence-electron chi connectivity index (χ0n) is 14.2. The number of nitrogens with one attached hydrogen (secondary N) is 1. The molecule has 0 bridgehead atoms. The molecule has 0 spiro atoms. The van der Waals surface area contributed by atoms with Gasteiger partial charge in [0.15, 0.2) is 0 Å². The summed E-state index contributed by atoms with van der Waals surface area (Å²) in [5, 5.41) is 3.66. The molecule has 0 saturated heterocycles. The topological polar surface area (TPSA) is 46.2 Å². The first-order chi connectivity index (χ1) is 9.60. The van der Waals surface area contributed by atoms with Gasteiger partial charge in [-0.15, -0.1) is 0 Å². The first kappa shape index (κ1) is 17.3. The van der Waals surface area contributed by atoms with E-state index < -0.39 is 9.84 Å². The monoisotopic (exact) mass is 315 g/mol. The number of sulfone groups is 1. The highest BCUT2D eigenvalue weighted by molar-refractivity contribution is 7.90. The van der Waals surface area contributed by atoms with Crippen molar-refractivity contribution in [3.63, 3.8) is 0 Å². The second-order valence-electron chi connectivity index (χ2n) is 8.68. The average Bonchev–Trinajstić information content (AvgIpc) is 3.17. The summed E-state index contributed by atoms with van der Waals surface area (Å²) in [5.41, 5.74) is 0.598. The lowest BCUT2D eigenvalue weighted by molar-refractivity contribution is 0.0835. The molecule has 2 saturated carbocycles. The third kappa shape index (κ3) is 5.55. The van der Waals surface area contributed by atoms with E-state index in [4.69, 9.17) is 0 Å². The number of rotatable bonds is 6. The minimum absolute atomic E-state index is 0.216. The Labute approximate surface area is 131 Å². The maximum atomic E-state index is 11.6. The van der Waals surface area contributed by atoms with Crippen molar-refractivity contribution in [2.45, 2.75) is 71.8 Å². The van der Waals surface area contributed by atoms with E-state index in [9.17, 15) is 8.42 Å². The molecule has 124 valence electrons. The van der Waals surface area contributed by atoms with Crippen LogP contribution in [0, 0.1) is 16.7 Å². The van der Waals surface area contributed by atoms with Gasteiger partial charge < -0.3 is 5.32 Å². The van der Waals surface area contributed by atoms with E-state index in [1.165, 1.54) is 44.8 Å². The molecule has 2 fully saturated rings. The van der Waals surface area contributed by atoms with Crippen LogP contribution in [0.2, 0.25) is 0 Å². The van der Waals surface area contributed by atoms with Crippen LogP contribution in [0.1, 0.15) is 65.7 Å². The third-order valence-electron chi connectivity index (χ3n) is 5.62. The lowest BCUT2D eigenvalue weighted by Crippen LogP contribution is -2.41. The Hall–Kier alpha value is -0.0900. The van der Waals surface area contributed by atoms with Crippen LogP contribution in [0.25, 0.3) is 0 Å². The summed E-state index contributed by atoms with van der Waals surface area (Å²) >= 11 is 0. The second kappa shape index (κ2) is 6.19. The molecule has 21 heavy (non-hydrogen) atoms. The van der Waals surface area contributed by atoms with Crippen LogP contribution >= 0.6 is 0 Å². The lowest BCUT2D eigenvalue weighted by atomic mass is 9.63. The first-order valence-corrected chi connectivity index (χ1v) is 10.6. The van der Waals surface area contributed by atoms with Crippen molar-refractivity contribution in [3.8, 4) is 0 Å². The molecule has 0 aromatic heterocycles. The smallest absolute Gasteiger partial charge is 0.147 e.